The smallest absolute Gasteiger partial charge is 0.328 e. The van der Waals surface area contributed by atoms with E-state index >= 15 is 0 Å². The maximum Gasteiger partial charge on any atom is 0.328 e. The minimum Gasteiger partial charge on any atom is -0.480 e. The Hall–Kier alpha value is -1.34. The van der Waals surface area contributed by atoms with Crippen molar-refractivity contribution < 1.29 is 24.5 Å². The van der Waals surface area contributed by atoms with Crippen molar-refractivity contribution in [2.45, 2.75) is 58.4 Å². The summed E-state index contributed by atoms with van der Waals surface area (Å²) in [5, 5.41) is 23.2. The van der Waals surface area contributed by atoms with Gasteiger partial charge in [0.15, 0.2) is 6.04 Å². The zero-order chi connectivity index (χ0) is 15.5. The predicted molar refractivity (Wildman–Crippen MR) is 72.4 cm³/mol. The fraction of sp³-hybridized carbons (Fsp3) is 0.846. The first-order chi connectivity index (χ1) is 9.20. The second-order valence-electron chi connectivity index (χ2n) is 5.73. The third kappa shape index (κ3) is 3.61. The Morgan fingerprint density at radius 3 is 2.45 bits per heavy atom. The van der Waals surface area contributed by atoms with Crippen LogP contribution in [-0.4, -0.2) is 53.1 Å². The summed E-state index contributed by atoms with van der Waals surface area (Å²) >= 11 is 0. The first-order valence-electron chi connectivity index (χ1n) is 6.79. The Morgan fingerprint density at radius 2 is 2.05 bits per heavy atom. The molecule has 116 valence electrons. The summed E-state index contributed by atoms with van der Waals surface area (Å²) in [6.07, 6.45) is -0.380. The van der Waals surface area contributed by atoms with Gasteiger partial charge >= 0.3 is 12.0 Å². The Labute approximate surface area is 118 Å². The molecule has 1 aliphatic rings. The molecule has 2 unspecified atom stereocenters. The van der Waals surface area contributed by atoms with Crippen molar-refractivity contribution in [2.75, 3.05) is 6.61 Å². The minimum absolute atomic E-state index is 0.0810. The number of nitrogens with one attached hydrogen (secondary N) is 2. The maximum atomic E-state index is 11.8. The molecule has 0 heterocycles. The van der Waals surface area contributed by atoms with Gasteiger partial charge in [-0.05, 0) is 20.3 Å². The molecule has 4 atom stereocenters. The van der Waals surface area contributed by atoms with Crippen LogP contribution in [0.15, 0.2) is 0 Å². The van der Waals surface area contributed by atoms with Gasteiger partial charge in [0, 0.05) is 18.1 Å². The molecule has 7 heteroatoms. The molecule has 7 nitrogen and oxygen atoms in total. The number of aliphatic carboxylic acids is 1. The van der Waals surface area contributed by atoms with Crippen molar-refractivity contribution in [1.82, 2.24) is 10.6 Å². The molecule has 0 aromatic carbocycles. The van der Waals surface area contributed by atoms with Crippen molar-refractivity contribution in [1.29, 1.82) is 0 Å². The number of urea groups is 1. The zero-order valence-corrected chi connectivity index (χ0v) is 12.3. The molecule has 0 aliphatic heterocycles. The van der Waals surface area contributed by atoms with Crippen molar-refractivity contribution in [3.8, 4) is 0 Å². The molecule has 2 amide bonds. The molecular formula is C13H24N2O5. The van der Waals surface area contributed by atoms with Crippen LogP contribution in [0, 0.1) is 5.41 Å². The van der Waals surface area contributed by atoms with Gasteiger partial charge in [-0.15, -0.1) is 0 Å². The van der Waals surface area contributed by atoms with Gasteiger partial charge in [-0.1, -0.05) is 13.8 Å². The number of ether oxygens (including phenoxy) is 1. The number of aliphatic hydroxyl groups is 1. The number of carboxylic acid groups (broad SMARTS) is 1. The van der Waals surface area contributed by atoms with Gasteiger partial charge in [-0.2, -0.15) is 0 Å². The van der Waals surface area contributed by atoms with Crippen LogP contribution in [-0.2, 0) is 9.53 Å². The summed E-state index contributed by atoms with van der Waals surface area (Å²) in [5.74, 6) is -1.27. The molecule has 4 N–H and O–H groups in total. The lowest BCUT2D eigenvalue weighted by molar-refractivity contribution is -0.141. The Bertz CT molecular complexity index is 370. The molecule has 1 rings (SSSR count). The first kappa shape index (κ1) is 16.7. The molecule has 0 bridgehead atoms. The van der Waals surface area contributed by atoms with Gasteiger partial charge in [-0.25, -0.2) is 9.59 Å². The second-order valence-corrected chi connectivity index (χ2v) is 5.73. The van der Waals surface area contributed by atoms with Gasteiger partial charge in [0.2, 0.25) is 0 Å². The highest BCUT2D eigenvalue weighted by atomic mass is 16.5. The lowest BCUT2D eigenvalue weighted by Crippen LogP contribution is -2.64. The highest BCUT2D eigenvalue weighted by Gasteiger charge is 2.49. The Kier molecular flexibility index (Phi) is 5.35. The van der Waals surface area contributed by atoms with Gasteiger partial charge in [-0.3, -0.25) is 0 Å². The van der Waals surface area contributed by atoms with Crippen LogP contribution < -0.4 is 10.6 Å². The number of carbonyl (C=O) groups excluding carboxylic acids is 1. The number of rotatable bonds is 6. The topological polar surface area (TPSA) is 108 Å². The number of amides is 2. The van der Waals surface area contributed by atoms with Crippen molar-refractivity contribution >= 4 is 12.0 Å². The zero-order valence-electron chi connectivity index (χ0n) is 12.3. The standard InChI is InChI=1S/C13H24N2O5/c1-5-20-9-6-8(13(9,3)4)14-12(19)15-10(7(2)16)11(17)18/h7-10,16H,5-6H2,1-4H3,(H,17,18)(H2,14,15,19)/t7-,8?,9?,10+/m1/s1. The number of carboxylic acids is 1. The average molecular weight is 288 g/mol. The van der Waals surface area contributed by atoms with Gasteiger partial charge in [0.25, 0.3) is 0 Å². The SMILES string of the molecule is CCOC1CC(NC(=O)N[C@H](C(=O)O)[C@@H](C)O)C1(C)C. The predicted octanol–water partition coefficient (Wildman–Crippen LogP) is 0.323. The summed E-state index contributed by atoms with van der Waals surface area (Å²) < 4.78 is 5.56. The van der Waals surface area contributed by atoms with Crippen molar-refractivity contribution in [3.05, 3.63) is 0 Å². The summed E-state index contributed by atoms with van der Waals surface area (Å²) in [7, 11) is 0. The number of hydrogen-bond acceptors (Lipinski definition) is 4. The summed E-state index contributed by atoms with van der Waals surface area (Å²) in [4.78, 5) is 22.7. The van der Waals surface area contributed by atoms with Crippen LogP contribution in [0.5, 0.6) is 0 Å². The molecule has 0 spiro atoms. The van der Waals surface area contributed by atoms with E-state index in [9.17, 15) is 14.7 Å². The number of carbonyl (C=O) groups is 2. The van der Waals surface area contributed by atoms with Crippen LogP contribution in [0.25, 0.3) is 0 Å². The normalized spacial score (nSPS) is 27.1. The third-order valence-corrected chi connectivity index (χ3v) is 3.89. The monoisotopic (exact) mass is 288 g/mol. The molecule has 1 saturated carbocycles. The lowest BCUT2D eigenvalue weighted by Gasteiger charge is -2.51. The Morgan fingerprint density at radius 1 is 1.45 bits per heavy atom. The van der Waals surface area contributed by atoms with Crippen molar-refractivity contribution in [3.63, 3.8) is 0 Å². The first-order valence-corrected chi connectivity index (χ1v) is 6.79. The van der Waals surface area contributed by atoms with Gasteiger partial charge in [0.1, 0.15) is 0 Å². The van der Waals surface area contributed by atoms with E-state index in [1.165, 1.54) is 6.92 Å². The fourth-order valence-corrected chi connectivity index (χ4v) is 2.34. The minimum atomic E-state index is -1.32. The quantitative estimate of drug-likeness (QED) is 0.563. The number of aliphatic hydroxyl groups excluding tert-OH is 1. The van der Waals surface area contributed by atoms with Crippen LogP contribution >= 0.6 is 0 Å². The van der Waals surface area contributed by atoms with Crippen molar-refractivity contribution in [2.24, 2.45) is 5.41 Å². The summed E-state index contributed by atoms with van der Waals surface area (Å²) in [6, 6.07) is -1.99. The third-order valence-electron chi connectivity index (χ3n) is 3.89. The van der Waals surface area contributed by atoms with E-state index in [-0.39, 0.29) is 17.6 Å². The van der Waals surface area contributed by atoms with Crippen LogP contribution in [0.3, 0.4) is 0 Å². The second kappa shape index (κ2) is 6.41. The summed E-state index contributed by atoms with van der Waals surface area (Å²) in [5.41, 5.74) is -0.198. The molecule has 0 saturated heterocycles. The highest BCUT2D eigenvalue weighted by Crippen LogP contribution is 2.42. The molecule has 20 heavy (non-hydrogen) atoms. The average Bonchev–Trinajstić information content (AvgIpc) is 2.34. The molecule has 1 fully saturated rings. The van der Waals surface area contributed by atoms with E-state index < -0.39 is 24.1 Å². The van der Waals surface area contributed by atoms with Gasteiger partial charge < -0.3 is 25.6 Å². The Balaban J connectivity index is 2.50. The lowest BCUT2D eigenvalue weighted by atomic mass is 9.64. The largest absolute Gasteiger partial charge is 0.480 e. The molecular weight excluding hydrogens is 264 g/mol. The molecule has 1 aliphatic carbocycles. The van der Waals surface area contributed by atoms with E-state index in [0.717, 1.165) is 0 Å². The van der Waals surface area contributed by atoms with Crippen LogP contribution in [0.4, 0.5) is 4.79 Å². The van der Waals surface area contributed by atoms with Crippen LogP contribution in [0.1, 0.15) is 34.1 Å². The number of hydrogen-bond donors (Lipinski definition) is 4. The van der Waals surface area contributed by atoms with E-state index in [4.69, 9.17) is 9.84 Å². The highest BCUT2D eigenvalue weighted by molar-refractivity contribution is 5.83. The molecule has 0 aromatic rings. The summed E-state index contributed by atoms with van der Waals surface area (Å²) in [6.45, 7) is 7.84. The van der Waals surface area contributed by atoms with Crippen LogP contribution in [0.2, 0.25) is 0 Å². The molecule has 0 radical (unpaired) electrons. The molecule has 0 aromatic heterocycles. The van der Waals surface area contributed by atoms with Gasteiger partial charge in [0.05, 0.1) is 12.2 Å². The fourth-order valence-electron chi connectivity index (χ4n) is 2.34. The van der Waals surface area contributed by atoms with E-state index in [1.54, 1.807) is 0 Å². The van der Waals surface area contributed by atoms with E-state index in [2.05, 4.69) is 10.6 Å². The van der Waals surface area contributed by atoms with E-state index in [0.29, 0.717) is 13.0 Å². The van der Waals surface area contributed by atoms with E-state index in [1.807, 2.05) is 20.8 Å². The maximum absolute atomic E-state index is 11.8.